The molecule has 0 spiro atoms. The monoisotopic (exact) mass is 646 g/mol. The van der Waals surface area contributed by atoms with Gasteiger partial charge in [-0.15, -0.1) is 0 Å². The Bertz CT molecular complexity index is 1900. The van der Waals surface area contributed by atoms with Crippen LogP contribution in [0.3, 0.4) is 0 Å². The fraction of sp³-hybridized carbons (Fsp3) is 0.108. The molecule has 47 heavy (non-hydrogen) atoms. The first-order valence-corrected chi connectivity index (χ1v) is 16.4. The first-order valence-electron chi connectivity index (χ1n) is 15.0. The number of benzene rings is 5. The van der Waals surface area contributed by atoms with Crippen LogP contribution in [-0.4, -0.2) is 39.6 Å². The second-order valence-electron chi connectivity index (χ2n) is 10.5. The van der Waals surface area contributed by atoms with Crippen molar-refractivity contribution in [3.63, 3.8) is 0 Å². The van der Waals surface area contributed by atoms with Crippen LogP contribution in [-0.2, 0) is 27.8 Å². The molecule has 0 aliphatic rings. The number of hydrogen-bond donors (Lipinski definition) is 2. The van der Waals surface area contributed by atoms with E-state index >= 15 is 0 Å². The maximum absolute atomic E-state index is 13.9. The molecule has 0 aliphatic heterocycles. The molecule has 0 fully saturated rings. The topological polar surface area (TPSA) is 117 Å². The second kappa shape index (κ2) is 16.0. The molecule has 2 N–H and O–H groups in total. The number of carbonyl (C=O) groups is 2. The van der Waals surface area contributed by atoms with Gasteiger partial charge in [0.25, 0.3) is 21.8 Å². The van der Waals surface area contributed by atoms with Gasteiger partial charge in [-0.2, -0.15) is 5.10 Å². The summed E-state index contributed by atoms with van der Waals surface area (Å²) >= 11 is 0. The van der Waals surface area contributed by atoms with Gasteiger partial charge in [0.15, 0.2) is 6.61 Å². The van der Waals surface area contributed by atoms with E-state index in [0.29, 0.717) is 17.9 Å². The molecule has 0 bridgehead atoms. The minimum Gasteiger partial charge on any atom is -0.484 e. The van der Waals surface area contributed by atoms with E-state index in [2.05, 4.69) is 15.8 Å². The second-order valence-corrected chi connectivity index (χ2v) is 12.3. The van der Waals surface area contributed by atoms with Crippen LogP contribution < -0.4 is 19.8 Å². The lowest BCUT2D eigenvalue weighted by atomic mass is 10.1. The molecule has 238 valence electrons. The predicted octanol–water partition coefficient (Wildman–Crippen LogP) is 5.58. The maximum Gasteiger partial charge on any atom is 0.273 e. The van der Waals surface area contributed by atoms with E-state index in [1.54, 1.807) is 66.7 Å². The van der Waals surface area contributed by atoms with Crippen molar-refractivity contribution in [2.24, 2.45) is 5.10 Å². The molecule has 0 saturated carbocycles. The predicted molar refractivity (Wildman–Crippen MR) is 183 cm³/mol. The maximum atomic E-state index is 13.9. The van der Waals surface area contributed by atoms with Crippen molar-refractivity contribution in [3.05, 3.63) is 162 Å². The molecular formula is C37H34N4O5S. The normalized spacial score (nSPS) is 11.1. The Morgan fingerprint density at radius 1 is 0.723 bits per heavy atom. The highest BCUT2D eigenvalue weighted by molar-refractivity contribution is 7.92. The molecular weight excluding hydrogens is 612 g/mol. The minimum absolute atomic E-state index is 0.0232. The first kappa shape index (κ1) is 32.6. The average Bonchev–Trinajstić information content (AvgIpc) is 3.11. The Morgan fingerprint density at radius 2 is 1.32 bits per heavy atom. The van der Waals surface area contributed by atoms with Crippen LogP contribution in [0, 0.1) is 0 Å². The summed E-state index contributed by atoms with van der Waals surface area (Å²) in [6.07, 6.45) is 2.20. The van der Waals surface area contributed by atoms with Gasteiger partial charge in [-0.05, 0) is 71.6 Å². The highest BCUT2D eigenvalue weighted by Gasteiger charge is 2.28. The van der Waals surface area contributed by atoms with E-state index in [1.165, 1.54) is 22.7 Å². The summed E-state index contributed by atoms with van der Waals surface area (Å²) in [5, 5.41) is 6.93. The molecule has 5 aromatic carbocycles. The third kappa shape index (κ3) is 9.15. The lowest BCUT2D eigenvalue weighted by Crippen LogP contribution is -2.33. The molecule has 10 heteroatoms. The summed E-state index contributed by atoms with van der Waals surface area (Å²) in [4.78, 5) is 25.6. The van der Waals surface area contributed by atoms with Crippen molar-refractivity contribution in [1.82, 2.24) is 10.7 Å². The average molecular weight is 647 g/mol. The van der Waals surface area contributed by atoms with Crippen LogP contribution in [0.25, 0.3) is 0 Å². The third-order valence-corrected chi connectivity index (χ3v) is 8.90. The van der Waals surface area contributed by atoms with Gasteiger partial charge in [-0.25, -0.2) is 13.8 Å². The van der Waals surface area contributed by atoms with Crippen LogP contribution in [0.1, 0.15) is 27.0 Å². The zero-order valence-corrected chi connectivity index (χ0v) is 26.3. The third-order valence-electron chi connectivity index (χ3n) is 7.13. The quantitative estimate of drug-likeness (QED) is 0.121. The van der Waals surface area contributed by atoms with E-state index in [0.717, 1.165) is 17.5 Å². The van der Waals surface area contributed by atoms with Crippen molar-refractivity contribution < 1.29 is 22.7 Å². The van der Waals surface area contributed by atoms with Crippen molar-refractivity contribution in [1.29, 1.82) is 0 Å². The Kier molecular flexibility index (Phi) is 11.1. The molecule has 0 radical (unpaired) electrons. The van der Waals surface area contributed by atoms with Crippen LogP contribution >= 0.6 is 0 Å². The highest BCUT2D eigenvalue weighted by atomic mass is 32.2. The molecule has 2 amide bonds. The number of hydrazone groups is 1. The number of nitrogens with zero attached hydrogens (tertiary/aromatic N) is 2. The van der Waals surface area contributed by atoms with Gasteiger partial charge in [0.05, 0.1) is 28.9 Å². The lowest BCUT2D eigenvalue weighted by molar-refractivity contribution is -0.123. The molecule has 9 nitrogen and oxygen atoms in total. The Hall–Kier alpha value is -5.74. The number of ether oxygens (including phenoxy) is 1. The smallest absolute Gasteiger partial charge is 0.273 e. The number of sulfonamides is 1. The lowest BCUT2D eigenvalue weighted by Gasteiger charge is -2.26. The number of amides is 2. The molecule has 5 rings (SSSR count). The molecule has 0 unspecified atom stereocenters. The first-order chi connectivity index (χ1) is 22.9. The molecule has 0 saturated heterocycles. The van der Waals surface area contributed by atoms with Gasteiger partial charge in [0.2, 0.25) is 0 Å². The molecule has 5 aromatic rings. The fourth-order valence-corrected chi connectivity index (χ4v) is 6.21. The molecule has 0 aliphatic carbocycles. The number of anilines is 1. The highest BCUT2D eigenvalue weighted by Crippen LogP contribution is 2.29. The van der Waals surface area contributed by atoms with Crippen LogP contribution in [0.2, 0.25) is 0 Å². The summed E-state index contributed by atoms with van der Waals surface area (Å²) in [7, 11) is -4.02. The van der Waals surface area contributed by atoms with Crippen molar-refractivity contribution in [3.8, 4) is 5.75 Å². The summed E-state index contributed by atoms with van der Waals surface area (Å²) in [5.74, 6) is -0.277. The zero-order valence-electron chi connectivity index (χ0n) is 25.5. The minimum atomic E-state index is -4.02. The summed E-state index contributed by atoms with van der Waals surface area (Å²) in [6.45, 7) is 0.431. The largest absolute Gasteiger partial charge is 0.484 e. The number of para-hydroxylation sites is 1. The van der Waals surface area contributed by atoms with Crippen LogP contribution in [0.15, 0.2) is 150 Å². The van der Waals surface area contributed by atoms with Crippen molar-refractivity contribution in [2.45, 2.75) is 17.9 Å². The van der Waals surface area contributed by atoms with E-state index in [4.69, 9.17) is 4.74 Å². The number of nitrogens with one attached hydrogen (secondary N) is 2. The van der Waals surface area contributed by atoms with Gasteiger partial charge >= 0.3 is 0 Å². The van der Waals surface area contributed by atoms with Gasteiger partial charge in [0, 0.05) is 6.54 Å². The number of carbonyl (C=O) groups excluding carboxylic acids is 2. The van der Waals surface area contributed by atoms with Gasteiger partial charge in [-0.3, -0.25) is 13.9 Å². The molecule has 0 atom stereocenters. The van der Waals surface area contributed by atoms with E-state index in [9.17, 15) is 18.0 Å². The zero-order chi connectivity index (χ0) is 32.9. The standard InChI is InChI=1S/C37H34N4O5S/c42-36(38-25-24-29-12-4-1-5-13-29)28-46-32-22-20-30(21-23-32)26-39-40-37(43)34-18-10-11-19-35(34)41(27-31-14-6-2-7-15-31)47(44,45)33-16-8-3-9-17-33/h1-23,26H,24-25,27-28H2,(H,38,42)(H,40,43)/b39-26-. The van der Waals surface area contributed by atoms with E-state index < -0.39 is 15.9 Å². The van der Waals surface area contributed by atoms with E-state index in [1.807, 2.05) is 60.7 Å². The molecule has 0 heterocycles. The molecule has 0 aromatic heterocycles. The Balaban J connectivity index is 1.21. The summed E-state index contributed by atoms with van der Waals surface area (Å²) < 4.78 is 34.5. The van der Waals surface area contributed by atoms with Gasteiger partial charge in [0.1, 0.15) is 5.75 Å². The number of rotatable bonds is 14. The van der Waals surface area contributed by atoms with Crippen LogP contribution in [0.5, 0.6) is 5.75 Å². The van der Waals surface area contributed by atoms with E-state index in [-0.39, 0.29) is 35.2 Å². The Morgan fingerprint density at radius 3 is 2.00 bits per heavy atom. The summed E-state index contributed by atoms with van der Waals surface area (Å²) in [5.41, 5.74) is 5.46. The van der Waals surface area contributed by atoms with Crippen molar-refractivity contribution in [2.75, 3.05) is 17.5 Å². The van der Waals surface area contributed by atoms with Gasteiger partial charge < -0.3 is 10.1 Å². The fourth-order valence-electron chi connectivity index (χ4n) is 4.72. The Labute approximate surface area is 274 Å². The van der Waals surface area contributed by atoms with Crippen LogP contribution in [0.4, 0.5) is 5.69 Å². The number of hydrogen-bond acceptors (Lipinski definition) is 6. The van der Waals surface area contributed by atoms with Crippen molar-refractivity contribution >= 4 is 33.7 Å². The SMILES string of the molecule is O=C(COc1ccc(/C=N\NC(=O)c2ccccc2N(Cc2ccccc2)S(=O)(=O)c2ccccc2)cc1)NCCc1ccccc1. The summed E-state index contributed by atoms with van der Waals surface area (Å²) in [6, 6.07) is 40.6. The van der Waals surface area contributed by atoms with Gasteiger partial charge in [-0.1, -0.05) is 91.0 Å².